The summed E-state index contributed by atoms with van der Waals surface area (Å²) in [5.41, 5.74) is 3.53. The van der Waals surface area contributed by atoms with Gasteiger partial charge in [-0.3, -0.25) is 16.0 Å². The Morgan fingerprint density at radius 1 is 1.35 bits per heavy atom. The summed E-state index contributed by atoms with van der Waals surface area (Å²) in [4.78, 5) is 12.2. The van der Waals surface area contributed by atoms with Gasteiger partial charge in [0, 0.05) is 6.42 Å². The topological polar surface area (TPSA) is 92.9 Å². The summed E-state index contributed by atoms with van der Waals surface area (Å²) in [7, 11) is 0. The lowest BCUT2D eigenvalue weighted by molar-refractivity contribution is 0.102. The maximum Gasteiger partial charge on any atom is 0.259 e. The van der Waals surface area contributed by atoms with E-state index in [1.807, 2.05) is 0 Å². The summed E-state index contributed by atoms with van der Waals surface area (Å²) in [5, 5.41) is 12.2. The standard InChI is InChI=1S/C13H17N5OS/c1-8(2)7-11-17-18-13(20-11)15-12(19)9-5-3-4-6-10(9)16-14/h3-6,8,16H,7,14H2,1-2H3,(H,15,18,19). The van der Waals surface area contributed by atoms with Crippen LogP contribution in [-0.2, 0) is 6.42 Å². The Hall–Kier alpha value is -1.99. The van der Waals surface area contributed by atoms with Crippen LogP contribution in [0.4, 0.5) is 10.8 Å². The Bertz CT molecular complexity index is 596. The molecule has 1 aromatic carbocycles. The van der Waals surface area contributed by atoms with Crippen LogP contribution in [0.2, 0.25) is 0 Å². The number of nitrogen functional groups attached to an aromatic ring is 1. The fourth-order valence-corrected chi connectivity index (χ4v) is 2.65. The van der Waals surface area contributed by atoms with E-state index in [4.69, 9.17) is 5.84 Å². The van der Waals surface area contributed by atoms with Gasteiger partial charge in [-0.1, -0.05) is 37.3 Å². The second-order valence-electron chi connectivity index (χ2n) is 4.74. The van der Waals surface area contributed by atoms with Gasteiger partial charge in [-0.05, 0) is 18.1 Å². The minimum absolute atomic E-state index is 0.259. The van der Waals surface area contributed by atoms with E-state index in [1.54, 1.807) is 24.3 Å². The van der Waals surface area contributed by atoms with Gasteiger partial charge in [-0.15, -0.1) is 10.2 Å². The Morgan fingerprint density at radius 3 is 2.80 bits per heavy atom. The van der Waals surface area contributed by atoms with E-state index in [0.717, 1.165) is 11.4 Å². The number of hydrogen-bond donors (Lipinski definition) is 3. The first-order chi connectivity index (χ1) is 9.60. The molecular weight excluding hydrogens is 274 g/mol. The highest BCUT2D eigenvalue weighted by Crippen LogP contribution is 2.20. The summed E-state index contributed by atoms with van der Waals surface area (Å²) in [6.45, 7) is 4.23. The molecule has 0 bridgehead atoms. The number of nitrogens with one attached hydrogen (secondary N) is 2. The van der Waals surface area contributed by atoms with Gasteiger partial charge >= 0.3 is 0 Å². The fourth-order valence-electron chi connectivity index (χ4n) is 1.71. The minimum Gasteiger partial charge on any atom is -0.323 e. The normalized spacial score (nSPS) is 10.6. The maximum absolute atomic E-state index is 12.2. The highest BCUT2D eigenvalue weighted by Gasteiger charge is 2.13. The van der Waals surface area contributed by atoms with Gasteiger partial charge < -0.3 is 5.43 Å². The van der Waals surface area contributed by atoms with Gasteiger partial charge in [0.2, 0.25) is 5.13 Å². The van der Waals surface area contributed by atoms with Crippen molar-refractivity contribution in [2.75, 3.05) is 10.7 Å². The van der Waals surface area contributed by atoms with Crippen molar-refractivity contribution in [1.82, 2.24) is 10.2 Å². The SMILES string of the molecule is CC(C)Cc1nnc(NC(=O)c2ccccc2NN)s1. The van der Waals surface area contributed by atoms with Crippen LogP contribution in [0.5, 0.6) is 0 Å². The number of amides is 1. The number of benzene rings is 1. The molecule has 0 fully saturated rings. The molecule has 7 heteroatoms. The molecule has 2 rings (SSSR count). The summed E-state index contributed by atoms with van der Waals surface area (Å²) in [6.07, 6.45) is 0.856. The molecule has 1 amide bonds. The molecule has 0 atom stereocenters. The van der Waals surface area contributed by atoms with E-state index >= 15 is 0 Å². The molecular formula is C13H17N5OS. The van der Waals surface area contributed by atoms with Gasteiger partial charge in [0.05, 0.1) is 11.3 Å². The zero-order chi connectivity index (χ0) is 14.5. The van der Waals surface area contributed by atoms with Crippen LogP contribution in [0.1, 0.15) is 29.2 Å². The van der Waals surface area contributed by atoms with Gasteiger partial charge in [-0.25, -0.2) is 0 Å². The van der Waals surface area contributed by atoms with E-state index in [2.05, 4.69) is 34.8 Å². The molecule has 0 unspecified atom stereocenters. The van der Waals surface area contributed by atoms with E-state index < -0.39 is 0 Å². The number of nitrogens with zero attached hydrogens (tertiary/aromatic N) is 2. The number of anilines is 2. The average molecular weight is 291 g/mol. The van der Waals surface area contributed by atoms with Crippen molar-refractivity contribution < 1.29 is 4.79 Å². The minimum atomic E-state index is -0.259. The smallest absolute Gasteiger partial charge is 0.259 e. The molecule has 1 aromatic heterocycles. The van der Waals surface area contributed by atoms with Crippen LogP contribution < -0.4 is 16.6 Å². The quantitative estimate of drug-likeness (QED) is 0.580. The van der Waals surface area contributed by atoms with Crippen LogP contribution in [0.25, 0.3) is 0 Å². The van der Waals surface area contributed by atoms with Crippen molar-refractivity contribution in [3.05, 3.63) is 34.8 Å². The summed E-state index contributed by atoms with van der Waals surface area (Å²) < 4.78 is 0. The second-order valence-corrected chi connectivity index (χ2v) is 5.81. The van der Waals surface area contributed by atoms with Crippen molar-refractivity contribution in [2.45, 2.75) is 20.3 Å². The Morgan fingerprint density at radius 2 is 2.10 bits per heavy atom. The predicted octanol–water partition coefficient (Wildman–Crippen LogP) is 2.27. The highest BCUT2D eigenvalue weighted by molar-refractivity contribution is 7.15. The lowest BCUT2D eigenvalue weighted by Crippen LogP contribution is -2.17. The Labute approximate surface area is 121 Å². The van der Waals surface area contributed by atoms with E-state index in [-0.39, 0.29) is 5.91 Å². The van der Waals surface area contributed by atoms with Gasteiger partial charge in [0.25, 0.3) is 5.91 Å². The predicted molar refractivity (Wildman–Crippen MR) is 80.7 cm³/mol. The third-order valence-corrected chi connectivity index (χ3v) is 3.46. The monoisotopic (exact) mass is 291 g/mol. The van der Waals surface area contributed by atoms with E-state index in [0.29, 0.717) is 22.3 Å². The fraction of sp³-hybridized carbons (Fsp3) is 0.308. The van der Waals surface area contributed by atoms with Crippen LogP contribution >= 0.6 is 11.3 Å². The zero-order valence-electron chi connectivity index (χ0n) is 11.4. The number of hydrazine groups is 1. The Kier molecular flexibility index (Phi) is 4.65. The summed E-state index contributed by atoms with van der Waals surface area (Å²) in [5.74, 6) is 5.63. The third kappa shape index (κ3) is 3.52. The zero-order valence-corrected chi connectivity index (χ0v) is 12.2. The molecule has 0 radical (unpaired) electrons. The highest BCUT2D eigenvalue weighted by atomic mass is 32.1. The van der Waals surface area contributed by atoms with Crippen LogP contribution in [-0.4, -0.2) is 16.1 Å². The van der Waals surface area contributed by atoms with Crippen molar-refractivity contribution in [3.63, 3.8) is 0 Å². The molecule has 6 nitrogen and oxygen atoms in total. The molecule has 106 valence electrons. The molecule has 0 aliphatic heterocycles. The molecule has 4 N–H and O–H groups in total. The molecule has 2 aromatic rings. The number of carbonyl (C=O) groups excluding carboxylic acids is 1. The number of rotatable bonds is 5. The lowest BCUT2D eigenvalue weighted by Gasteiger charge is -2.07. The van der Waals surface area contributed by atoms with Crippen molar-refractivity contribution in [2.24, 2.45) is 11.8 Å². The summed E-state index contributed by atoms with van der Waals surface area (Å²) >= 11 is 1.39. The molecule has 0 aliphatic carbocycles. The van der Waals surface area contributed by atoms with Gasteiger partial charge in [0.15, 0.2) is 0 Å². The van der Waals surface area contributed by atoms with E-state index in [1.165, 1.54) is 11.3 Å². The number of carbonyl (C=O) groups is 1. The average Bonchev–Trinajstić information content (AvgIpc) is 2.85. The van der Waals surface area contributed by atoms with Crippen molar-refractivity contribution >= 4 is 28.1 Å². The Balaban J connectivity index is 2.09. The number of para-hydroxylation sites is 1. The molecule has 0 spiro atoms. The van der Waals surface area contributed by atoms with Crippen LogP contribution in [0.15, 0.2) is 24.3 Å². The van der Waals surface area contributed by atoms with Crippen LogP contribution in [0, 0.1) is 5.92 Å². The van der Waals surface area contributed by atoms with Crippen molar-refractivity contribution in [3.8, 4) is 0 Å². The molecule has 0 saturated carbocycles. The van der Waals surface area contributed by atoms with Gasteiger partial charge in [-0.2, -0.15) is 0 Å². The first-order valence-electron chi connectivity index (χ1n) is 6.29. The number of nitrogens with two attached hydrogens (primary N) is 1. The number of hydrogen-bond acceptors (Lipinski definition) is 6. The van der Waals surface area contributed by atoms with E-state index in [9.17, 15) is 4.79 Å². The first-order valence-corrected chi connectivity index (χ1v) is 7.11. The summed E-state index contributed by atoms with van der Waals surface area (Å²) in [6, 6.07) is 7.01. The van der Waals surface area contributed by atoms with Gasteiger partial charge in [0.1, 0.15) is 5.01 Å². The molecule has 1 heterocycles. The molecule has 0 saturated heterocycles. The molecule has 20 heavy (non-hydrogen) atoms. The third-order valence-electron chi connectivity index (χ3n) is 2.60. The first kappa shape index (κ1) is 14.4. The number of aromatic nitrogens is 2. The molecule has 0 aliphatic rings. The van der Waals surface area contributed by atoms with Crippen molar-refractivity contribution in [1.29, 1.82) is 0 Å². The largest absolute Gasteiger partial charge is 0.323 e. The van der Waals surface area contributed by atoms with Crippen LogP contribution in [0.3, 0.4) is 0 Å². The lowest BCUT2D eigenvalue weighted by atomic mass is 10.1. The second kappa shape index (κ2) is 6.44. The maximum atomic E-state index is 12.2.